The third-order valence-electron chi connectivity index (χ3n) is 5.84. The van der Waals surface area contributed by atoms with E-state index in [2.05, 4.69) is 5.32 Å². The van der Waals surface area contributed by atoms with Crippen molar-refractivity contribution in [3.8, 4) is 16.9 Å². The van der Waals surface area contributed by atoms with E-state index in [4.69, 9.17) is 9.47 Å². The molecule has 0 aliphatic carbocycles. The molecule has 1 aliphatic heterocycles. The predicted molar refractivity (Wildman–Crippen MR) is 136 cm³/mol. The van der Waals surface area contributed by atoms with E-state index in [0.717, 1.165) is 11.3 Å². The lowest BCUT2D eigenvalue weighted by Crippen LogP contribution is -2.33. The number of anilines is 1. The Balaban J connectivity index is 1.37. The maximum atomic E-state index is 13.6. The molecule has 2 heterocycles. The molecule has 1 N–H and O–H groups in total. The molecule has 3 aromatic rings. The summed E-state index contributed by atoms with van der Waals surface area (Å²) in [6.07, 6.45) is -3.56. The molecule has 0 radical (unpaired) electrons. The van der Waals surface area contributed by atoms with Gasteiger partial charge in [-0.15, -0.1) is 11.3 Å². The van der Waals surface area contributed by atoms with Crippen molar-refractivity contribution in [1.82, 2.24) is 5.32 Å². The molecule has 0 saturated carbocycles. The highest BCUT2D eigenvalue weighted by molar-refractivity contribution is 7.12. The van der Waals surface area contributed by atoms with Gasteiger partial charge in [-0.05, 0) is 48.7 Å². The molecule has 6 nitrogen and oxygen atoms in total. The number of ether oxygens (including phenoxy) is 2. The Bertz CT molecular complexity index is 1240. The normalized spacial score (nSPS) is 12.9. The van der Waals surface area contributed by atoms with Crippen molar-refractivity contribution in [2.45, 2.75) is 32.5 Å². The van der Waals surface area contributed by atoms with E-state index in [-0.39, 0.29) is 37.0 Å². The van der Waals surface area contributed by atoms with E-state index >= 15 is 0 Å². The maximum absolute atomic E-state index is 13.6. The largest absolute Gasteiger partial charge is 0.488 e. The minimum absolute atomic E-state index is 0.00808. The number of nitrogens with one attached hydrogen (secondary N) is 1. The Morgan fingerprint density at radius 3 is 2.62 bits per heavy atom. The summed E-state index contributed by atoms with van der Waals surface area (Å²) in [6.45, 7) is 3.00. The third-order valence-corrected chi connectivity index (χ3v) is 7.00. The standard InChI is InChI=1S/C27H27F3N2O4S/c1-2-35-25(34)16-31-12-10-24(33)32-13-11-19-14-20(8-9-23(19)32)36-17-21-15-22(18-6-4-3-5-7-18)26(37-21)27(28,29)30/h3-9,14-15,31H,2,10-13,16-17H2,1H3. The van der Waals surface area contributed by atoms with Crippen LogP contribution < -0.4 is 15.0 Å². The van der Waals surface area contributed by atoms with Crippen molar-refractivity contribution in [3.63, 3.8) is 0 Å². The fraction of sp³-hybridized carbons (Fsp3) is 0.333. The van der Waals surface area contributed by atoms with E-state index in [1.54, 1.807) is 54.3 Å². The van der Waals surface area contributed by atoms with Gasteiger partial charge >= 0.3 is 12.1 Å². The number of nitrogens with zero attached hydrogens (tertiary/aromatic N) is 1. The molecular weight excluding hydrogens is 505 g/mol. The molecule has 0 atom stereocenters. The molecule has 1 aliphatic rings. The number of esters is 1. The molecule has 10 heteroatoms. The lowest BCUT2D eigenvalue weighted by Gasteiger charge is -2.18. The van der Waals surface area contributed by atoms with Crippen molar-refractivity contribution < 1.29 is 32.2 Å². The molecule has 2 aromatic carbocycles. The van der Waals surface area contributed by atoms with Crippen LogP contribution in [0.5, 0.6) is 5.75 Å². The maximum Gasteiger partial charge on any atom is 0.426 e. The number of carbonyl (C=O) groups excluding carboxylic acids is 2. The second-order valence-electron chi connectivity index (χ2n) is 8.43. The summed E-state index contributed by atoms with van der Waals surface area (Å²) in [5, 5.41) is 2.90. The van der Waals surface area contributed by atoms with Crippen LogP contribution in [0.25, 0.3) is 11.1 Å². The third kappa shape index (κ3) is 6.69. The first-order valence-corrected chi connectivity index (χ1v) is 12.8. The first kappa shape index (κ1) is 26.7. The molecule has 0 spiro atoms. The summed E-state index contributed by atoms with van der Waals surface area (Å²) in [7, 11) is 0. The number of alkyl halides is 3. The molecular formula is C27H27F3N2O4S. The first-order valence-electron chi connectivity index (χ1n) is 11.9. The molecule has 196 valence electrons. The van der Waals surface area contributed by atoms with Gasteiger partial charge in [-0.3, -0.25) is 9.59 Å². The second-order valence-corrected chi connectivity index (χ2v) is 9.56. The number of halogens is 3. The van der Waals surface area contributed by atoms with E-state index in [9.17, 15) is 22.8 Å². The van der Waals surface area contributed by atoms with Crippen LogP contribution in [0.2, 0.25) is 0 Å². The van der Waals surface area contributed by atoms with E-state index < -0.39 is 11.1 Å². The van der Waals surface area contributed by atoms with Gasteiger partial charge in [0.25, 0.3) is 0 Å². The number of thiophene rings is 1. The highest BCUT2D eigenvalue weighted by Crippen LogP contribution is 2.43. The monoisotopic (exact) mass is 532 g/mol. The Kier molecular flexibility index (Phi) is 8.50. The van der Waals surface area contributed by atoms with E-state index in [1.165, 1.54) is 6.07 Å². The lowest BCUT2D eigenvalue weighted by atomic mass is 10.1. The summed E-state index contributed by atoms with van der Waals surface area (Å²) >= 11 is 0.686. The van der Waals surface area contributed by atoms with E-state index in [1.807, 2.05) is 6.07 Å². The lowest BCUT2D eigenvalue weighted by molar-refractivity contribution is -0.142. The summed E-state index contributed by atoms with van der Waals surface area (Å²) in [4.78, 5) is 25.6. The molecule has 0 bridgehead atoms. The summed E-state index contributed by atoms with van der Waals surface area (Å²) in [5.41, 5.74) is 2.40. The van der Waals surface area contributed by atoms with Crippen LogP contribution in [0.1, 0.15) is 28.7 Å². The van der Waals surface area contributed by atoms with Gasteiger partial charge in [0.2, 0.25) is 5.91 Å². The minimum atomic E-state index is -4.45. The molecule has 37 heavy (non-hydrogen) atoms. The molecule has 0 unspecified atom stereocenters. The van der Waals surface area contributed by atoms with Crippen molar-refractivity contribution in [2.75, 3.05) is 31.1 Å². The number of amides is 1. The van der Waals surface area contributed by atoms with Crippen molar-refractivity contribution in [1.29, 1.82) is 0 Å². The first-order chi connectivity index (χ1) is 17.8. The molecule has 4 rings (SSSR count). The topological polar surface area (TPSA) is 67.9 Å². The Morgan fingerprint density at radius 1 is 1.11 bits per heavy atom. The number of rotatable bonds is 10. The smallest absolute Gasteiger partial charge is 0.426 e. The average molecular weight is 533 g/mol. The summed E-state index contributed by atoms with van der Waals surface area (Å²) in [5.74, 6) is 0.116. The Hall–Kier alpha value is -3.37. The zero-order valence-corrected chi connectivity index (χ0v) is 21.1. The summed E-state index contributed by atoms with van der Waals surface area (Å²) in [6, 6.07) is 15.4. The van der Waals surface area contributed by atoms with Gasteiger partial charge in [0.15, 0.2) is 0 Å². The average Bonchev–Trinajstić information content (AvgIpc) is 3.50. The van der Waals surface area contributed by atoms with Crippen LogP contribution in [0, 0.1) is 0 Å². The van der Waals surface area contributed by atoms with Crippen LogP contribution >= 0.6 is 11.3 Å². The predicted octanol–water partition coefficient (Wildman–Crippen LogP) is 5.44. The van der Waals surface area contributed by atoms with Gasteiger partial charge in [0.1, 0.15) is 17.2 Å². The van der Waals surface area contributed by atoms with Gasteiger partial charge in [0.05, 0.1) is 13.2 Å². The van der Waals surface area contributed by atoms with E-state index in [0.29, 0.717) is 53.6 Å². The zero-order valence-electron chi connectivity index (χ0n) is 20.3. The van der Waals surface area contributed by atoms with Crippen molar-refractivity contribution in [2.24, 2.45) is 0 Å². The van der Waals surface area contributed by atoms with Crippen LogP contribution in [-0.2, 0) is 33.5 Å². The fourth-order valence-electron chi connectivity index (χ4n) is 4.17. The second kappa shape index (κ2) is 11.8. The van der Waals surface area contributed by atoms with Crippen molar-refractivity contribution >= 4 is 28.9 Å². The van der Waals surface area contributed by atoms with Gasteiger partial charge in [0, 0.05) is 35.6 Å². The number of carbonyl (C=O) groups is 2. The molecule has 1 amide bonds. The zero-order chi connectivity index (χ0) is 26.4. The Morgan fingerprint density at radius 2 is 1.89 bits per heavy atom. The van der Waals surface area contributed by atoms with Gasteiger partial charge in [-0.1, -0.05) is 30.3 Å². The fourth-order valence-corrected chi connectivity index (χ4v) is 5.13. The molecule has 0 saturated heterocycles. The SMILES string of the molecule is CCOC(=O)CNCCC(=O)N1CCc2cc(OCc3cc(-c4ccccc4)c(C(F)(F)F)s3)ccc21. The van der Waals surface area contributed by atoms with Crippen LogP contribution in [-0.4, -0.2) is 38.1 Å². The highest BCUT2D eigenvalue weighted by atomic mass is 32.1. The summed E-state index contributed by atoms with van der Waals surface area (Å²) < 4.78 is 51.6. The van der Waals surface area contributed by atoms with Crippen LogP contribution in [0.4, 0.5) is 18.9 Å². The van der Waals surface area contributed by atoms with Gasteiger partial charge in [-0.2, -0.15) is 13.2 Å². The number of fused-ring (bicyclic) bond motifs is 1. The van der Waals surface area contributed by atoms with Crippen LogP contribution in [0.15, 0.2) is 54.6 Å². The van der Waals surface area contributed by atoms with Gasteiger partial charge < -0.3 is 19.7 Å². The molecule has 0 fully saturated rings. The molecule has 1 aromatic heterocycles. The minimum Gasteiger partial charge on any atom is -0.488 e. The van der Waals surface area contributed by atoms with Crippen LogP contribution in [0.3, 0.4) is 0 Å². The van der Waals surface area contributed by atoms with Gasteiger partial charge in [-0.25, -0.2) is 0 Å². The number of benzene rings is 2. The highest BCUT2D eigenvalue weighted by Gasteiger charge is 2.36. The Labute approximate surface area is 217 Å². The quantitative estimate of drug-likeness (QED) is 0.278. The number of hydrogen-bond donors (Lipinski definition) is 1. The van der Waals surface area contributed by atoms with Crippen molar-refractivity contribution in [3.05, 3.63) is 69.9 Å². The number of hydrogen-bond acceptors (Lipinski definition) is 6.